The predicted octanol–water partition coefficient (Wildman–Crippen LogP) is 3.28. The van der Waals surface area contributed by atoms with Crippen LogP contribution in [0.4, 0.5) is 0 Å². The molecule has 0 atom stereocenters. The van der Waals surface area contributed by atoms with Crippen molar-refractivity contribution in [3.8, 4) is 17.4 Å². The molecule has 1 N–H and O–H groups in total. The molecule has 29 heavy (non-hydrogen) atoms. The Kier molecular flexibility index (Phi) is 7.55. The van der Waals surface area contributed by atoms with E-state index in [0.717, 1.165) is 18.4 Å². The number of rotatable bonds is 8. The van der Waals surface area contributed by atoms with Crippen LogP contribution in [-0.2, 0) is 11.2 Å². The molecule has 1 saturated heterocycles. The first-order valence-corrected chi connectivity index (χ1v) is 9.87. The van der Waals surface area contributed by atoms with Gasteiger partial charge in [-0.15, -0.1) is 0 Å². The maximum atomic E-state index is 12.4. The van der Waals surface area contributed by atoms with Gasteiger partial charge in [0.2, 0.25) is 5.88 Å². The van der Waals surface area contributed by atoms with Crippen molar-refractivity contribution in [3.05, 3.63) is 46.6 Å². The van der Waals surface area contributed by atoms with Gasteiger partial charge in [-0.2, -0.15) is 0 Å². The van der Waals surface area contributed by atoms with Crippen molar-refractivity contribution in [2.24, 2.45) is 0 Å². The Labute approximate surface area is 175 Å². The third-order valence-corrected chi connectivity index (χ3v) is 4.93. The smallest absolute Gasteiger partial charge is 0.252 e. The average Bonchev–Trinajstić information content (AvgIpc) is 2.75. The summed E-state index contributed by atoms with van der Waals surface area (Å²) in [5, 5.41) is 3.20. The number of carbonyl (C=O) groups is 1. The van der Waals surface area contributed by atoms with Gasteiger partial charge in [-0.25, -0.2) is 4.98 Å². The first-order valence-electron chi connectivity index (χ1n) is 9.49. The lowest BCUT2D eigenvalue weighted by Crippen LogP contribution is -2.27. The van der Waals surface area contributed by atoms with Gasteiger partial charge in [0.25, 0.3) is 5.91 Å². The number of benzene rings is 1. The van der Waals surface area contributed by atoms with Crippen LogP contribution < -0.4 is 19.5 Å². The second-order valence-corrected chi connectivity index (χ2v) is 7.04. The van der Waals surface area contributed by atoms with Gasteiger partial charge in [-0.05, 0) is 30.2 Å². The normalized spacial score (nSPS) is 14.3. The molecule has 156 valence electrons. The van der Waals surface area contributed by atoms with Gasteiger partial charge < -0.3 is 24.3 Å². The highest BCUT2D eigenvalue weighted by Gasteiger charge is 2.18. The van der Waals surface area contributed by atoms with Crippen molar-refractivity contribution in [2.75, 3.05) is 34.0 Å². The van der Waals surface area contributed by atoms with E-state index < -0.39 is 0 Å². The SMILES string of the molecule is COc1ccc(CCNC(=O)c2cnc(OC3CCOCC3)c(Cl)c2)cc1OC. The number of amides is 1. The van der Waals surface area contributed by atoms with Crippen LogP contribution in [0.3, 0.4) is 0 Å². The molecule has 0 aliphatic carbocycles. The summed E-state index contributed by atoms with van der Waals surface area (Å²) in [6.45, 7) is 1.80. The van der Waals surface area contributed by atoms with Crippen molar-refractivity contribution < 1.29 is 23.7 Å². The second-order valence-electron chi connectivity index (χ2n) is 6.64. The summed E-state index contributed by atoms with van der Waals surface area (Å²) in [7, 11) is 3.19. The Morgan fingerprint density at radius 1 is 1.21 bits per heavy atom. The van der Waals surface area contributed by atoms with Gasteiger partial charge >= 0.3 is 0 Å². The zero-order valence-corrected chi connectivity index (χ0v) is 17.3. The molecule has 1 aliphatic heterocycles. The number of hydrogen-bond donors (Lipinski definition) is 1. The summed E-state index contributed by atoms with van der Waals surface area (Å²) in [5.74, 6) is 1.44. The molecule has 1 aromatic heterocycles. The molecular weight excluding hydrogens is 396 g/mol. The largest absolute Gasteiger partial charge is 0.493 e. The average molecular weight is 421 g/mol. The number of nitrogens with one attached hydrogen (secondary N) is 1. The highest BCUT2D eigenvalue weighted by Crippen LogP contribution is 2.28. The number of methoxy groups -OCH3 is 2. The van der Waals surface area contributed by atoms with Gasteiger partial charge in [0.05, 0.1) is 33.0 Å². The lowest BCUT2D eigenvalue weighted by molar-refractivity contribution is 0.0238. The summed E-state index contributed by atoms with van der Waals surface area (Å²) in [5.41, 5.74) is 1.42. The molecule has 2 aromatic rings. The van der Waals surface area contributed by atoms with E-state index in [9.17, 15) is 4.79 Å². The molecule has 0 saturated carbocycles. The topological polar surface area (TPSA) is 78.9 Å². The van der Waals surface area contributed by atoms with Crippen LogP contribution in [0.2, 0.25) is 5.02 Å². The Morgan fingerprint density at radius 3 is 2.66 bits per heavy atom. The van der Waals surface area contributed by atoms with E-state index in [4.69, 9.17) is 30.5 Å². The first-order chi connectivity index (χ1) is 14.1. The molecule has 0 bridgehead atoms. The molecule has 1 aliphatic rings. The summed E-state index contributed by atoms with van der Waals surface area (Å²) in [6, 6.07) is 7.26. The Bertz CT molecular complexity index is 840. The third kappa shape index (κ3) is 5.74. The number of carbonyl (C=O) groups excluding carboxylic acids is 1. The van der Waals surface area contributed by atoms with Gasteiger partial charge in [-0.3, -0.25) is 4.79 Å². The van der Waals surface area contributed by atoms with Crippen molar-refractivity contribution in [3.63, 3.8) is 0 Å². The minimum atomic E-state index is -0.238. The summed E-state index contributed by atoms with van der Waals surface area (Å²) in [4.78, 5) is 16.6. The number of halogens is 1. The molecule has 2 heterocycles. The van der Waals surface area contributed by atoms with E-state index in [1.165, 1.54) is 6.20 Å². The van der Waals surface area contributed by atoms with Gasteiger partial charge in [0.15, 0.2) is 11.5 Å². The van der Waals surface area contributed by atoms with Crippen LogP contribution in [0.1, 0.15) is 28.8 Å². The molecule has 7 nitrogen and oxygen atoms in total. The van der Waals surface area contributed by atoms with Crippen LogP contribution in [0.25, 0.3) is 0 Å². The second kappa shape index (κ2) is 10.3. The van der Waals surface area contributed by atoms with E-state index in [1.807, 2.05) is 18.2 Å². The van der Waals surface area contributed by atoms with Crippen molar-refractivity contribution in [1.82, 2.24) is 10.3 Å². The number of ether oxygens (including phenoxy) is 4. The Balaban J connectivity index is 1.53. The monoisotopic (exact) mass is 420 g/mol. The minimum absolute atomic E-state index is 0.0370. The molecule has 0 spiro atoms. The number of nitrogens with zero attached hydrogens (tertiary/aromatic N) is 1. The van der Waals surface area contributed by atoms with E-state index >= 15 is 0 Å². The van der Waals surface area contributed by atoms with E-state index in [2.05, 4.69) is 10.3 Å². The van der Waals surface area contributed by atoms with Gasteiger partial charge in [0.1, 0.15) is 11.1 Å². The van der Waals surface area contributed by atoms with Crippen molar-refractivity contribution >= 4 is 17.5 Å². The Hall–Kier alpha value is -2.51. The Morgan fingerprint density at radius 2 is 1.97 bits per heavy atom. The van der Waals surface area contributed by atoms with Crippen molar-refractivity contribution in [2.45, 2.75) is 25.4 Å². The molecule has 0 radical (unpaired) electrons. The molecule has 0 unspecified atom stereocenters. The van der Waals surface area contributed by atoms with Crippen LogP contribution >= 0.6 is 11.6 Å². The number of pyridine rings is 1. The zero-order chi connectivity index (χ0) is 20.6. The fourth-order valence-corrected chi connectivity index (χ4v) is 3.26. The first kappa shape index (κ1) is 21.2. The van der Waals surface area contributed by atoms with Crippen LogP contribution in [-0.4, -0.2) is 51.0 Å². The molecule has 1 fully saturated rings. The fourth-order valence-electron chi connectivity index (χ4n) is 3.05. The van der Waals surface area contributed by atoms with Crippen LogP contribution in [0.5, 0.6) is 17.4 Å². The standard InChI is InChI=1S/C21H25ClN2O5/c1-26-18-4-3-14(11-19(18)27-2)5-8-23-20(25)15-12-17(22)21(24-13-15)29-16-6-9-28-10-7-16/h3-4,11-13,16H,5-10H2,1-2H3,(H,23,25). The fraction of sp³-hybridized carbons (Fsp3) is 0.429. The molecule has 3 rings (SSSR count). The molecule has 1 amide bonds. The van der Waals surface area contributed by atoms with E-state index in [1.54, 1.807) is 20.3 Å². The van der Waals surface area contributed by atoms with E-state index in [-0.39, 0.29) is 12.0 Å². The van der Waals surface area contributed by atoms with Crippen LogP contribution in [0, 0.1) is 0 Å². The minimum Gasteiger partial charge on any atom is -0.493 e. The summed E-state index contributed by atoms with van der Waals surface area (Å²) < 4.78 is 21.7. The summed E-state index contributed by atoms with van der Waals surface area (Å²) >= 11 is 6.26. The number of aromatic nitrogens is 1. The van der Waals surface area contributed by atoms with Gasteiger partial charge in [0, 0.05) is 25.6 Å². The van der Waals surface area contributed by atoms with E-state index in [0.29, 0.717) is 54.1 Å². The molecule has 8 heteroatoms. The quantitative estimate of drug-likeness (QED) is 0.706. The maximum absolute atomic E-state index is 12.4. The number of hydrogen-bond acceptors (Lipinski definition) is 6. The molecule has 1 aromatic carbocycles. The van der Waals surface area contributed by atoms with Crippen molar-refractivity contribution in [1.29, 1.82) is 0 Å². The van der Waals surface area contributed by atoms with Gasteiger partial charge in [-0.1, -0.05) is 17.7 Å². The highest BCUT2D eigenvalue weighted by atomic mass is 35.5. The lowest BCUT2D eigenvalue weighted by Gasteiger charge is -2.23. The predicted molar refractivity (Wildman–Crippen MR) is 109 cm³/mol. The van der Waals surface area contributed by atoms with Crippen LogP contribution in [0.15, 0.2) is 30.5 Å². The summed E-state index contributed by atoms with van der Waals surface area (Å²) in [6.07, 6.45) is 3.77. The third-order valence-electron chi connectivity index (χ3n) is 4.66. The zero-order valence-electron chi connectivity index (χ0n) is 16.6. The lowest BCUT2D eigenvalue weighted by atomic mass is 10.1. The maximum Gasteiger partial charge on any atom is 0.252 e. The highest BCUT2D eigenvalue weighted by molar-refractivity contribution is 6.32. The molecular formula is C21H25ClN2O5.